The van der Waals surface area contributed by atoms with Crippen LogP contribution in [0.1, 0.15) is 22.3 Å². The van der Waals surface area contributed by atoms with Gasteiger partial charge in [-0.2, -0.15) is 0 Å². The lowest BCUT2D eigenvalue weighted by Gasteiger charge is -2.30. The van der Waals surface area contributed by atoms with E-state index in [1.807, 2.05) is 0 Å². The molecule has 0 unspecified atom stereocenters. The van der Waals surface area contributed by atoms with Gasteiger partial charge in [0.15, 0.2) is 0 Å². The molecule has 0 saturated heterocycles. The van der Waals surface area contributed by atoms with Crippen molar-refractivity contribution in [2.75, 3.05) is 9.80 Å². The average molecular weight is 917 g/mol. The van der Waals surface area contributed by atoms with E-state index in [9.17, 15) is 0 Å². The zero-order valence-corrected chi connectivity index (χ0v) is 39.7. The minimum atomic E-state index is 0.925. The van der Waals surface area contributed by atoms with E-state index >= 15 is 0 Å². The summed E-state index contributed by atoms with van der Waals surface area (Å²) in [6.45, 7) is 0. The molecule has 12 aromatic rings. The molecular formula is C70H48N2. The van der Waals surface area contributed by atoms with Gasteiger partial charge >= 0.3 is 0 Å². The Morgan fingerprint density at radius 2 is 0.528 bits per heavy atom. The zero-order chi connectivity index (χ0) is 47.5. The summed E-state index contributed by atoms with van der Waals surface area (Å²) in [5.41, 5.74) is 25.0. The monoisotopic (exact) mass is 916 g/mol. The molecule has 0 amide bonds. The van der Waals surface area contributed by atoms with Gasteiger partial charge in [-0.15, -0.1) is 0 Å². The molecular weight excluding hydrogens is 869 g/mol. The van der Waals surface area contributed by atoms with E-state index in [0.717, 1.165) is 58.1 Å². The quantitative estimate of drug-likeness (QED) is 0.142. The minimum Gasteiger partial charge on any atom is -0.309 e. The van der Waals surface area contributed by atoms with Gasteiger partial charge < -0.3 is 9.80 Å². The van der Waals surface area contributed by atoms with E-state index < -0.39 is 0 Å². The molecule has 2 aliphatic rings. The highest BCUT2D eigenvalue weighted by Gasteiger charge is 2.27. The summed E-state index contributed by atoms with van der Waals surface area (Å²) >= 11 is 0. The van der Waals surface area contributed by atoms with Crippen molar-refractivity contribution in [2.24, 2.45) is 0 Å². The first kappa shape index (κ1) is 41.7. The normalized spacial score (nSPS) is 12.1. The van der Waals surface area contributed by atoms with Crippen LogP contribution in [0.15, 0.2) is 267 Å². The maximum Gasteiger partial charge on any atom is 0.0540 e. The number of hydrogen-bond donors (Lipinski definition) is 0. The van der Waals surface area contributed by atoms with Crippen LogP contribution in [0, 0.1) is 0 Å². The van der Waals surface area contributed by atoms with Crippen molar-refractivity contribution in [1.82, 2.24) is 0 Å². The number of benzene rings is 12. The summed E-state index contributed by atoms with van der Waals surface area (Å²) in [6.07, 6.45) is 1.85. The average Bonchev–Trinajstić information content (AvgIpc) is 4.03. The Hall–Kier alpha value is -9.24. The van der Waals surface area contributed by atoms with Gasteiger partial charge in [0.05, 0.1) is 22.7 Å². The second-order valence-electron chi connectivity index (χ2n) is 19.1. The summed E-state index contributed by atoms with van der Waals surface area (Å²) in [7, 11) is 0. The van der Waals surface area contributed by atoms with Crippen LogP contribution in [0.4, 0.5) is 34.1 Å². The molecule has 2 nitrogen and oxygen atoms in total. The fourth-order valence-electron chi connectivity index (χ4n) is 11.8. The second-order valence-corrected chi connectivity index (χ2v) is 19.1. The Labute approximate surface area is 421 Å². The molecule has 2 aliphatic carbocycles. The fraction of sp³-hybridized carbons (Fsp3) is 0.0286. The molecule has 0 atom stereocenters. The molecule has 0 saturated carbocycles. The Morgan fingerprint density at radius 1 is 0.222 bits per heavy atom. The number of nitrogens with zero attached hydrogens (tertiary/aromatic N) is 2. The third-order valence-corrected chi connectivity index (χ3v) is 15.2. The van der Waals surface area contributed by atoms with Crippen LogP contribution in [0.2, 0.25) is 0 Å². The van der Waals surface area contributed by atoms with Crippen LogP contribution >= 0.6 is 0 Å². The van der Waals surface area contributed by atoms with Crippen LogP contribution in [-0.2, 0) is 12.8 Å². The summed E-state index contributed by atoms with van der Waals surface area (Å²) in [5, 5.41) is 4.84. The highest BCUT2D eigenvalue weighted by molar-refractivity contribution is 6.04. The van der Waals surface area contributed by atoms with Gasteiger partial charge in [-0.05, 0) is 139 Å². The lowest BCUT2D eigenvalue weighted by Crippen LogP contribution is -2.12. The molecule has 72 heavy (non-hydrogen) atoms. The predicted octanol–water partition coefficient (Wildman–Crippen LogP) is 19.1. The molecule has 0 fully saturated rings. The van der Waals surface area contributed by atoms with E-state index in [2.05, 4.69) is 277 Å². The highest BCUT2D eigenvalue weighted by Crippen LogP contribution is 2.50. The Kier molecular flexibility index (Phi) is 10.0. The SMILES string of the molecule is c1ccc2c(c1)Cc1c-2cccc1-c1ccccc1N(c1ccc(-c2ccc(N(c3ccccc3-c3cccc4c3Cc3ccccc3-4)c3cccc4ccccc34)cc2)cc1)c1cccc2ccccc12. The lowest BCUT2D eigenvalue weighted by molar-refractivity contribution is 1.25. The third kappa shape index (κ3) is 6.94. The molecule has 0 heterocycles. The van der Waals surface area contributed by atoms with Gasteiger partial charge in [0.1, 0.15) is 0 Å². The zero-order valence-electron chi connectivity index (χ0n) is 39.7. The van der Waals surface area contributed by atoms with Gasteiger partial charge in [0, 0.05) is 33.3 Å². The predicted molar refractivity (Wildman–Crippen MR) is 304 cm³/mol. The van der Waals surface area contributed by atoms with Crippen LogP contribution in [0.5, 0.6) is 0 Å². The van der Waals surface area contributed by atoms with Crippen molar-refractivity contribution in [1.29, 1.82) is 0 Å². The van der Waals surface area contributed by atoms with E-state index in [0.29, 0.717) is 0 Å². The van der Waals surface area contributed by atoms with Crippen LogP contribution in [0.3, 0.4) is 0 Å². The number of para-hydroxylation sites is 2. The topological polar surface area (TPSA) is 6.48 Å². The number of fused-ring (bicyclic) bond motifs is 8. The Balaban J connectivity index is 0.866. The molecule has 0 N–H and O–H groups in total. The summed E-state index contributed by atoms with van der Waals surface area (Å²) in [5.74, 6) is 0. The Bertz CT molecular complexity index is 3780. The van der Waals surface area contributed by atoms with Crippen molar-refractivity contribution in [3.8, 4) is 55.6 Å². The molecule has 2 heteroatoms. The summed E-state index contributed by atoms with van der Waals surface area (Å²) in [6, 6.07) is 98.4. The van der Waals surface area contributed by atoms with E-state index in [1.54, 1.807) is 0 Å². The van der Waals surface area contributed by atoms with Crippen molar-refractivity contribution in [3.05, 3.63) is 289 Å². The van der Waals surface area contributed by atoms with Crippen LogP contribution in [0.25, 0.3) is 77.2 Å². The largest absolute Gasteiger partial charge is 0.309 e. The number of hydrogen-bond acceptors (Lipinski definition) is 2. The molecule has 12 aromatic carbocycles. The van der Waals surface area contributed by atoms with Crippen molar-refractivity contribution < 1.29 is 0 Å². The van der Waals surface area contributed by atoms with E-state index in [-0.39, 0.29) is 0 Å². The fourth-order valence-corrected chi connectivity index (χ4v) is 11.8. The second kappa shape index (κ2) is 17.3. The van der Waals surface area contributed by atoms with Gasteiger partial charge in [0.2, 0.25) is 0 Å². The molecule has 0 spiro atoms. The van der Waals surface area contributed by atoms with Crippen molar-refractivity contribution >= 4 is 55.7 Å². The van der Waals surface area contributed by atoms with Gasteiger partial charge in [-0.3, -0.25) is 0 Å². The third-order valence-electron chi connectivity index (χ3n) is 15.2. The van der Waals surface area contributed by atoms with E-state index in [4.69, 9.17) is 0 Å². The minimum absolute atomic E-state index is 0.925. The number of rotatable bonds is 9. The highest BCUT2D eigenvalue weighted by atomic mass is 15.2. The first-order valence-corrected chi connectivity index (χ1v) is 25.1. The molecule has 0 aromatic heterocycles. The Morgan fingerprint density at radius 3 is 0.972 bits per heavy atom. The van der Waals surface area contributed by atoms with Crippen LogP contribution < -0.4 is 9.80 Å². The van der Waals surface area contributed by atoms with Crippen LogP contribution in [-0.4, -0.2) is 0 Å². The molecule has 338 valence electrons. The first-order valence-electron chi connectivity index (χ1n) is 25.1. The molecule has 0 bridgehead atoms. The maximum atomic E-state index is 2.46. The summed E-state index contributed by atoms with van der Waals surface area (Å²) in [4.78, 5) is 4.93. The molecule has 0 radical (unpaired) electrons. The van der Waals surface area contributed by atoms with Crippen molar-refractivity contribution in [3.63, 3.8) is 0 Å². The summed E-state index contributed by atoms with van der Waals surface area (Å²) < 4.78 is 0. The van der Waals surface area contributed by atoms with Gasteiger partial charge in [0.25, 0.3) is 0 Å². The standard InChI is InChI=1S/C70H48N2/c1-7-25-57-49(17-1)21-13-35-67(57)71(69-33-11-9-27-63(69)61-31-15-29-59-55-23-5-3-19-51(55)45-65(59)61)53-41-37-47(38-42-53)48-39-43-54(44-40-48)72(68-36-14-22-50-18-2-8-26-58(50)68)70-34-12-10-28-64(70)62-32-16-30-60-56-24-6-4-20-52(56)46-66(60)62/h1-44H,45-46H2. The van der Waals surface area contributed by atoms with Gasteiger partial charge in [-0.25, -0.2) is 0 Å². The lowest BCUT2D eigenvalue weighted by atomic mass is 9.93. The number of anilines is 6. The molecule has 0 aliphatic heterocycles. The molecule has 14 rings (SSSR count). The van der Waals surface area contributed by atoms with E-state index in [1.165, 1.54) is 88.3 Å². The van der Waals surface area contributed by atoms with Gasteiger partial charge in [-0.1, -0.05) is 218 Å². The smallest absolute Gasteiger partial charge is 0.0540 e. The maximum absolute atomic E-state index is 2.46. The first-order chi connectivity index (χ1) is 35.7. The van der Waals surface area contributed by atoms with Crippen molar-refractivity contribution in [2.45, 2.75) is 12.8 Å².